The molecule has 2 aromatic carbocycles. The van der Waals surface area contributed by atoms with Gasteiger partial charge in [-0.15, -0.1) is 11.3 Å². The van der Waals surface area contributed by atoms with Crippen molar-refractivity contribution in [2.24, 2.45) is 5.73 Å². The van der Waals surface area contributed by atoms with Crippen LogP contribution in [0.1, 0.15) is 24.0 Å². The summed E-state index contributed by atoms with van der Waals surface area (Å²) in [5.41, 5.74) is 7.65. The van der Waals surface area contributed by atoms with Crippen molar-refractivity contribution in [2.45, 2.75) is 12.8 Å². The second kappa shape index (κ2) is 9.30. The minimum Gasteiger partial charge on any atom is -0.466 e. The zero-order valence-corrected chi connectivity index (χ0v) is 18.9. The standard InChI is InChI=1S/C25H22N2O5S/c1-3-32-25(30)20-18(16-12-8-5-9-13-16)19(24(29)31-2)21(26)27-22(28)17(33-23(20)27)14-15-10-6-4-7-11-15/h4-14,18H,3,26H2,1-2H3/b17-14-/t18-/m0/s1. The van der Waals surface area contributed by atoms with E-state index in [9.17, 15) is 14.4 Å². The van der Waals surface area contributed by atoms with Crippen LogP contribution in [-0.2, 0) is 19.1 Å². The Hall–Kier alpha value is -3.91. The van der Waals surface area contributed by atoms with Gasteiger partial charge in [-0.05, 0) is 24.1 Å². The Bertz CT molecular complexity index is 1420. The molecule has 7 nitrogen and oxygen atoms in total. The van der Waals surface area contributed by atoms with Gasteiger partial charge in [-0.2, -0.15) is 0 Å². The first kappa shape index (κ1) is 22.3. The summed E-state index contributed by atoms with van der Waals surface area (Å²) in [7, 11) is 1.23. The first-order valence-corrected chi connectivity index (χ1v) is 11.1. The number of nitrogens with two attached hydrogens (primary N) is 1. The SMILES string of the molecule is CCOC(=O)C1=c2s/c(=C\c3ccccc3)c(=O)n2C(N)=C(C(=O)OC)[C@@H]1c1ccccc1. The molecule has 3 aromatic rings. The molecule has 0 bridgehead atoms. The van der Waals surface area contributed by atoms with Crippen molar-refractivity contribution >= 4 is 40.7 Å². The molecule has 8 heteroatoms. The van der Waals surface area contributed by atoms with Crippen molar-refractivity contribution in [1.29, 1.82) is 0 Å². The minimum atomic E-state index is -0.847. The maximum absolute atomic E-state index is 13.4. The van der Waals surface area contributed by atoms with Crippen molar-refractivity contribution in [1.82, 2.24) is 4.57 Å². The fourth-order valence-electron chi connectivity index (χ4n) is 3.84. The number of carbonyl (C=O) groups is 2. The van der Waals surface area contributed by atoms with E-state index in [4.69, 9.17) is 15.2 Å². The summed E-state index contributed by atoms with van der Waals surface area (Å²) in [5.74, 6) is -2.25. The number of carbonyl (C=O) groups excluding carboxylic acids is 2. The molecule has 4 rings (SSSR count). The second-order valence-corrected chi connectivity index (χ2v) is 8.27. The molecule has 0 aliphatic carbocycles. The lowest BCUT2D eigenvalue weighted by molar-refractivity contribution is -0.136. The Balaban J connectivity index is 2.13. The van der Waals surface area contributed by atoms with Gasteiger partial charge in [0.15, 0.2) is 0 Å². The molecule has 0 unspecified atom stereocenters. The fraction of sp³-hybridized carbons (Fsp3) is 0.160. The minimum absolute atomic E-state index is 0.0189. The van der Waals surface area contributed by atoms with Crippen LogP contribution in [-0.4, -0.2) is 30.2 Å². The van der Waals surface area contributed by atoms with Crippen molar-refractivity contribution < 1.29 is 19.1 Å². The highest BCUT2D eigenvalue weighted by Gasteiger charge is 2.39. The van der Waals surface area contributed by atoms with E-state index in [-0.39, 0.29) is 23.6 Å². The molecule has 168 valence electrons. The van der Waals surface area contributed by atoms with Gasteiger partial charge in [-0.25, -0.2) is 9.59 Å². The number of methoxy groups -OCH3 is 1. The number of nitrogens with zero attached hydrogens (tertiary/aromatic N) is 1. The molecule has 2 heterocycles. The van der Waals surface area contributed by atoms with Gasteiger partial charge in [0.05, 0.1) is 35.3 Å². The molecular formula is C25H22N2O5S. The Morgan fingerprint density at radius 1 is 1.03 bits per heavy atom. The molecule has 33 heavy (non-hydrogen) atoms. The molecule has 0 fully saturated rings. The van der Waals surface area contributed by atoms with Gasteiger partial charge in [0.25, 0.3) is 5.56 Å². The van der Waals surface area contributed by atoms with Gasteiger partial charge < -0.3 is 15.2 Å². The normalized spacial score (nSPS) is 15.9. The number of ether oxygens (including phenoxy) is 2. The van der Waals surface area contributed by atoms with E-state index >= 15 is 0 Å². The maximum atomic E-state index is 13.4. The van der Waals surface area contributed by atoms with Crippen LogP contribution in [0.5, 0.6) is 0 Å². The molecule has 1 aliphatic rings. The summed E-state index contributed by atoms with van der Waals surface area (Å²) >= 11 is 1.13. The van der Waals surface area contributed by atoms with Gasteiger partial charge in [-0.3, -0.25) is 9.36 Å². The monoisotopic (exact) mass is 462 g/mol. The first-order chi connectivity index (χ1) is 16.0. The van der Waals surface area contributed by atoms with Crippen molar-refractivity contribution in [2.75, 3.05) is 13.7 Å². The Labute approximate surface area is 193 Å². The number of hydrogen-bond acceptors (Lipinski definition) is 7. The van der Waals surface area contributed by atoms with Crippen LogP contribution in [0.4, 0.5) is 0 Å². The topological polar surface area (TPSA) is 101 Å². The Morgan fingerprint density at radius 3 is 2.27 bits per heavy atom. The van der Waals surface area contributed by atoms with Crippen LogP contribution in [0, 0.1) is 0 Å². The van der Waals surface area contributed by atoms with Gasteiger partial charge in [-0.1, -0.05) is 60.7 Å². The average Bonchev–Trinajstić information content (AvgIpc) is 3.15. The number of esters is 2. The highest BCUT2D eigenvalue weighted by molar-refractivity contribution is 7.07. The number of aromatic nitrogens is 1. The molecular weight excluding hydrogens is 440 g/mol. The van der Waals surface area contributed by atoms with Gasteiger partial charge in [0.1, 0.15) is 10.5 Å². The van der Waals surface area contributed by atoms with Crippen LogP contribution in [0.3, 0.4) is 0 Å². The molecule has 2 N–H and O–H groups in total. The first-order valence-electron chi connectivity index (χ1n) is 10.3. The van der Waals surface area contributed by atoms with Gasteiger partial charge >= 0.3 is 11.9 Å². The van der Waals surface area contributed by atoms with Crippen LogP contribution < -0.4 is 20.5 Å². The zero-order valence-electron chi connectivity index (χ0n) is 18.1. The maximum Gasteiger partial charge on any atom is 0.338 e. The third-order valence-corrected chi connectivity index (χ3v) is 6.39. The van der Waals surface area contributed by atoms with E-state index in [0.717, 1.165) is 16.9 Å². The number of benzene rings is 2. The molecule has 0 saturated carbocycles. The second-order valence-electron chi connectivity index (χ2n) is 7.24. The summed E-state index contributed by atoms with van der Waals surface area (Å²) < 4.78 is 12.3. The number of fused-ring (bicyclic) bond motifs is 1. The van der Waals surface area contributed by atoms with E-state index in [1.807, 2.05) is 36.4 Å². The summed E-state index contributed by atoms with van der Waals surface area (Å²) in [6.45, 7) is 1.83. The summed E-state index contributed by atoms with van der Waals surface area (Å²) in [6, 6.07) is 18.3. The molecule has 0 spiro atoms. The molecule has 0 radical (unpaired) electrons. The van der Waals surface area contributed by atoms with Crippen LogP contribution in [0.2, 0.25) is 0 Å². The third kappa shape index (κ3) is 4.01. The van der Waals surface area contributed by atoms with Crippen LogP contribution >= 0.6 is 11.3 Å². The van der Waals surface area contributed by atoms with E-state index in [1.54, 1.807) is 37.3 Å². The third-order valence-electron chi connectivity index (χ3n) is 5.28. The summed E-state index contributed by atoms with van der Waals surface area (Å²) in [6.07, 6.45) is 1.73. The van der Waals surface area contributed by atoms with E-state index in [1.165, 1.54) is 11.7 Å². The van der Waals surface area contributed by atoms with Crippen molar-refractivity contribution in [3.05, 3.63) is 96.9 Å². The largest absolute Gasteiger partial charge is 0.466 e. The molecule has 0 amide bonds. The highest BCUT2D eigenvalue weighted by atomic mass is 32.1. The zero-order chi connectivity index (χ0) is 23.5. The van der Waals surface area contributed by atoms with E-state index < -0.39 is 23.4 Å². The number of thiazole rings is 1. The number of rotatable bonds is 5. The quantitative estimate of drug-likeness (QED) is 0.578. The Morgan fingerprint density at radius 2 is 1.67 bits per heavy atom. The van der Waals surface area contributed by atoms with Crippen LogP contribution in [0.25, 0.3) is 17.5 Å². The Kier molecular flexibility index (Phi) is 6.28. The smallest absolute Gasteiger partial charge is 0.338 e. The van der Waals surface area contributed by atoms with Crippen LogP contribution in [0.15, 0.2) is 71.0 Å². The average molecular weight is 463 g/mol. The summed E-state index contributed by atoms with van der Waals surface area (Å²) in [5, 5.41) is 0. The fourth-order valence-corrected chi connectivity index (χ4v) is 5.01. The number of hydrogen-bond donors (Lipinski definition) is 1. The highest BCUT2D eigenvalue weighted by Crippen LogP contribution is 2.37. The molecule has 1 aliphatic heterocycles. The lowest BCUT2D eigenvalue weighted by Crippen LogP contribution is -2.41. The predicted molar refractivity (Wildman–Crippen MR) is 126 cm³/mol. The van der Waals surface area contributed by atoms with Crippen molar-refractivity contribution in [3.63, 3.8) is 0 Å². The lowest BCUT2D eigenvalue weighted by Gasteiger charge is -2.26. The summed E-state index contributed by atoms with van der Waals surface area (Å²) in [4.78, 5) is 39.4. The molecule has 1 aromatic heterocycles. The molecule has 0 saturated heterocycles. The van der Waals surface area contributed by atoms with Gasteiger partial charge in [0.2, 0.25) is 0 Å². The van der Waals surface area contributed by atoms with Gasteiger partial charge in [0, 0.05) is 0 Å². The molecule has 1 atom stereocenters. The van der Waals surface area contributed by atoms with E-state index in [2.05, 4.69) is 0 Å². The lowest BCUT2D eigenvalue weighted by atomic mass is 9.83. The van der Waals surface area contributed by atoms with E-state index in [0.29, 0.717) is 14.8 Å². The van der Waals surface area contributed by atoms with Crippen molar-refractivity contribution in [3.8, 4) is 0 Å². The predicted octanol–water partition coefficient (Wildman–Crippen LogP) is 1.55.